The number of rotatable bonds is 3. The SMILES string of the molecule is C=CCn1c(Br)nc2c(N3CCOCC3)ncnc21. The number of morpholine rings is 1. The zero-order chi connectivity index (χ0) is 13.2. The Morgan fingerprint density at radius 3 is 2.89 bits per heavy atom. The van der Waals surface area contributed by atoms with Gasteiger partial charge >= 0.3 is 0 Å². The first kappa shape index (κ1) is 12.6. The van der Waals surface area contributed by atoms with Gasteiger partial charge in [0.1, 0.15) is 6.33 Å². The summed E-state index contributed by atoms with van der Waals surface area (Å²) in [5.74, 6) is 0.872. The Morgan fingerprint density at radius 1 is 1.37 bits per heavy atom. The molecule has 1 aliphatic rings. The van der Waals surface area contributed by atoms with E-state index in [0.717, 1.165) is 48.0 Å². The van der Waals surface area contributed by atoms with Gasteiger partial charge in [0.25, 0.3) is 0 Å². The molecule has 0 amide bonds. The maximum Gasteiger partial charge on any atom is 0.179 e. The molecule has 1 aliphatic heterocycles. The molecule has 1 saturated heterocycles. The number of fused-ring (bicyclic) bond motifs is 1. The smallest absolute Gasteiger partial charge is 0.179 e. The average molecular weight is 324 g/mol. The van der Waals surface area contributed by atoms with E-state index in [9.17, 15) is 0 Å². The van der Waals surface area contributed by atoms with E-state index >= 15 is 0 Å². The summed E-state index contributed by atoms with van der Waals surface area (Å²) in [5, 5.41) is 0. The molecule has 2 aromatic rings. The van der Waals surface area contributed by atoms with Crippen molar-refractivity contribution >= 4 is 32.9 Å². The number of allylic oxidation sites excluding steroid dienone is 1. The zero-order valence-corrected chi connectivity index (χ0v) is 12.0. The largest absolute Gasteiger partial charge is 0.378 e. The summed E-state index contributed by atoms with van der Waals surface area (Å²) in [7, 11) is 0. The molecule has 6 nitrogen and oxygen atoms in total. The molecule has 0 aliphatic carbocycles. The normalized spacial score (nSPS) is 15.9. The van der Waals surface area contributed by atoms with Crippen LogP contribution < -0.4 is 4.90 Å². The van der Waals surface area contributed by atoms with Gasteiger partial charge in [-0.1, -0.05) is 6.08 Å². The third-order valence-corrected chi connectivity index (χ3v) is 3.69. The number of aromatic nitrogens is 4. The van der Waals surface area contributed by atoms with Crippen LogP contribution in [0.2, 0.25) is 0 Å². The van der Waals surface area contributed by atoms with Crippen LogP contribution in [0.25, 0.3) is 11.2 Å². The molecule has 0 aromatic carbocycles. The van der Waals surface area contributed by atoms with E-state index in [1.807, 2.05) is 10.6 Å². The van der Waals surface area contributed by atoms with Crippen LogP contribution in [-0.4, -0.2) is 45.8 Å². The lowest BCUT2D eigenvalue weighted by atomic mass is 10.4. The van der Waals surface area contributed by atoms with Gasteiger partial charge in [-0.25, -0.2) is 15.0 Å². The molecule has 7 heteroatoms. The number of nitrogens with zero attached hydrogens (tertiary/aromatic N) is 5. The minimum atomic E-state index is 0.663. The number of hydrogen-bond acceptors (Lipinski definition) is 5. The highest BCUT2D eigenvalue weighted by molar-refractivity contribution is 9.10. The fourth-order valence-corrected chi connectivity index (χ4v) is 2.69. The summed E-state index contributed by atoms with van der Waals surface area (Å²) in [5.41, 5.74) is 1.64. The molecule has 0 bridgehead atoms. The van der Waals surface area contributed by atoms with Gasteiger partial charge in [0.05, 0.1) is 13.2 Å². The molecule has 100 valence electrons. The molecule has 0 atom stereocenters. The van der Waals surface area contributed by atoms with Gasteiger partial charge in [-0.15, -0.1) is 6.58 Å². The molecular formula is C12H14BrN5O. The third kappa shape index (κ3) is 2.23. The lowest BCUT2D eigenvalue weighted by Crippen LogP contribution is -2.36. The van der Waals surface area contributed by atoms with Crippen molar-refractivity contribution in [3.63, 3.8) is 0 Å². The van der Waals surface area contributed by atoms with Gasteiger partial charge in [0.15, 0.2) is 21.7 Å². The summed E-state index contributed by atoms with van der Waals surface area (Å²) in [4.78, 5) is 15.4. The molecule has 0 radical (unpaired) electrons. The Bertz CT molecular complexity index is 605. The van der Waals surface area contributed by atoms with Gasteiger partial charge in [0, 0.05) is 19.6 Å². The molecule has 0 N–H and O–H groups in total. The number of hydrogen-bond donors (Lipinski definition) is 0. The highest BCUT2D eigenvalue weighted by Crippen LogP contribution is 2.26. The fraction of sp³-hybridized carbons (Fsp3) is 0.417. The van der Waals surface area contributed by atoms with Crippen molar-refractivity contribution in [2.45, 2.75) is 6.54 Å². The highest BCUT2D eigenvalue weighted by atomic mass is 79.9. The second-order valence-electron chi connectivity index (χ2n) is 4.25. The number of halogens is 1. The minimum Gasteiger partial charge on any atom is -0.378 e. The standard InChI is InChI=1S/C12H14BrN5O/c1-2-3-18-11-9(16-12(18)13)10(14-8-15-11)17-4-6-19-7-5-17/h2,8H,1,3-7H2. The van der Waals surface area contributed by atoms with E-state index in [2.05, 4.69) is 42.4 Å². The molecule has 3 rings (SSSR count). The van der Waals surface area contributed by atoms with Crippen LogP contribution in [0.4, 0.5) is 5.82 Å². The minimum absolute atomic E-state index is 0.663. The van der Waals surface area contributed by atoms with Crippen molar-refractivity contribution in [2.75, 3.05) is 31.2 Å². The summed E-state index contributed by atoms with van der Waals surface area (Å²) >= 11 is 3.46. The van der Waals surface area contributed by atoms with E-state index < -0.39 is 0 Å². The van der Waals surface area contributed by atoms with E-state index in [1.165, 1.54) is 0 Å². The molecule has 0 saturated carbocycles. The zero-order valence-electron chi connectivity index (χ0n) is 10.4. The summed E-state index contributed by atoms with van der Waals surface area (Å²) < 4.78 is 8.08. The van der Waals surface area contributed by atoms with Gasteiger partial charge in [-0.3, -0.25) is 4.57 Å². The molecule has 0 unspecified atom stereocenters. The van der Waals surface area contributed by atoms with Crippen LogP contribution in [0, 0.1) is 0 Å². The molecule has 1 fully saturated rings. The van der Waals surface area contributed by atoms with Gasteiger partial charge in [0.2, 0.25) is 0 Å². The lowest BCUT2D eigenvalue weighted by Gasteiger charge is -2.27. The van der Waals surface area contributed by atoms with Crippen LogP contribution in [-0.2, 0) is 11.3 Å². The Hall–Kier alpha value is -1.47. The first-order valence-electron chi connectivity index (χ1n) is 6.11. The van der Waals surface area contributed by atoms with Crippen molar-refractivity contribution in [1.29, 1.82) is 0 Å². The number of ether oxygens (including phenoxy) is 1. The van der Waals surface area contributed by atoms with Crippen LogP contribution in [0.3, 0.4) is 0 Å². The second kappa shape index (κ2) is 5.26. The van der Waals surface area contributed by atoms with E-state index in [1.54, 1.807) is 6.33 Å². The number of imidazole rings is 1. The first-order chi connectivity index (χ1) is 9.31. The summed E-state index contributed by atoms with van der Waals surface area (Å²) in [6, 6.07) is 0. The van der Waals surface area contributed by atoms with Crippen LogP contribution in [0.5, 0.6) is 0 Å². The molecule has 0 spiro atoms. The van der Waals surface area contributed by atoms with Crippen LogP contribution in [0.15, 0.2) is 23.7 Å². The van der Waals surface area contributed by atoms with Crippen LogP contribution >= 0.6 is 15.9 Å². The average Bonchev–Trinajstić information content (AvgIpc) is 2.77. The topological polar surface area (TPSA) is 56.1 Å². The Morgan fingerprint density at radius 2 is 2.16 bits per heavy atom. The fourth-order valence-electron chi connectivity index (χ4n) is 2.20. The van der Waals surface area contributed by atoms with Gasteiger partial charge in [-0.05, 0) is 15.9 Å². The van der Waals surface area contributed by atoms with Gasteiger partial charge < -0.3 is 9.64 Å². The maximum atomic E-state index is 5.37. The van der Waals surface area contributed by atoms with Crippen molar-refractivity contribution in [3.8, 4) is 0 Å². The quantitative estimate of drug-likeness (QED) is 0.634. The molecule has 2 aromatic heterocycles. The predicted octanol–water partition coefficient (Wildman–Crippen LogP) is 1.61. The maximum absolute atomic E-state index is 5.37. The lowest BCUT2D eigenvalue weighted by molar-refractivity contribution is 0.122. The Kier molecular flexibility index (Phi) is 3.48. The molecule has 19 heavy (non-hydrogen) atoms. The van der Waals surface area contributed by atoms with Crippen molar-refractivity contribution in [3.05, 3.63) is 23.7 Å². The Labute approximate surface area is 119 Å². The van der Waals surface area contributed by atoms with Crippen molar-refractivity contribution in [1.82, 2.24) is 19.5 Å². The third-order valence-electron chi connectivity index (χ3n) is 3.09. The summed E-state index contributed by atoms with van der Waals surface area (Å²) in [6.07, 6.45) is 3.41. The van der Waals surface area contributed by atoms with Crippen LogP contribution in [0.1, 0.15) is 0 Å². The molecule has 3 heterocycles. The number of anilines is 1. The highest BCUT2D eigenvalue weighted by Gasteiger charge is 2.19. The first-order valence-corrected chi connectivity index (χ1v) is 6.91. The monoisotopic (exact) mass is 323 g/mol. The van der Waals surface area contributed by atoms with E-state index in [-0.39, 0.29) is 0 Å². The predicted molar refractivity (Wildman–Crippen MR) is 76.3 cm³/mol. The van der Waals surface area contributed by atoms with Gasteiger partial charge in [-0.2, -0.15) is 0 Å². The summed E-state index contributed by atoms with van der Waals surface area (Å²) in [6.45, 7) is 7.53. The molecular weight excluding hydrogens is 310 g/mol. The van der Waals surface area contributed by atoms with E-state index in [4.69, 9.17) is 4.74 Å². The van der Waals surface area contributed by atoms with Crippen molar-refractivity contribution < 1.29 is 4.74 Å². The van der Waals surface area contributed by atoms with Crippen molar-refractivity contribution in [2.24, 2.45) is 0 Å². The van der Waals surface area contributed by atoms with E-state index in [0.29, 0.717) is 6.54 Å². The Balaban J connectivity index is 2.10. The second-order valence-corrected chi connectivity index (χ2v) is 4.96.